The smallest absolute Gasteiger partial charge is 0.189 e. The van der Waals surface area contributed by atoms with Crippen LogP contribution < -0.4 is 11.1 Å². The first-order chi connectivity index (χ1) is 9.65. The summed E-state index contributed by atoms with van der Waals surface area (Å²) in [5, 5.41) is 10.4. The van der Waals surface area contributed by atoms with Crippen LogP contribution in [-0.4, -0.2) is 27.2 Å². The third-order valence-electron chi connectivity index (χ3n) is 3.67. The molecular formula is C14H26N6. The van der Waals surface area contributed by atoms with Gasteiger partial charge in [0, 0.05) is 12.0 Å². The maximum atomic E-state index is 5.95. The lowest BCUT2D eigenvalue weighted by molar-refractivity contribution is 0.530. The molecule has 0 saturated heterocycles. The SMILES string of the molecule is CC(C)c1n[nH]c(CN=C(N)NC2CCCCCC2)n1. The van der Waals surface area contributed by atoms with Gasteiger partial charge >= 0.3 is 0 Å². The van der Waals surface area contributed by atoms with E-state index in [0.29, 0.717) is 24.5 Å². The van der Waals surface area contributed by atoms with Crippen LogP contribution in [0.4, 0.5) is 0 Å². The van der Waals surface area contributed by atoms with Gasteiger partial charge < -0.3 is 11.1 Å². The largest absolute Gasteiger partial charge is 0.370 e. The molecule has 0 bridgehead atoms. The van der Waals surface area contributed by atoms with Crippen LogP contribution in [0.2, 0.25) is 0 Å². The van der Waals surface area contributed by atoms with Gasteiger partial charge in [0.15, 0.2) is 11.8 Å². The van der Waals surface area contributed by atoms with Gasteiger partial charge in [-0.3, -0.25) is 5.10 Å². The van der Waals surface area contributed by atoms with E-state index in [1.165, 1.54) is 38.5 Å². The quantitative estimate of drug-likeness (QED) is 0.446. The highest BCUT2D eigenvalue weighted by molar-refractivity contribution is 5.78. The van der Waals surface area contributed by atoms with Crippen LogP contribution in [0.15, 0.2) is 4.99 Å². The van der Waals surface area contributed by atoms with Crippen molar-refractivity contribution >= 4 is 5.96 Å². The second-order valence-corrected chi connectivity index (χ2v) is 5.83. The Morgan fingerprint density at radius 2 is 2.05 bits per heavy atom. The topological polar surface area (TPSA) is 92.0 Å². The van der Waals surface area contributed by atoms with Crippen molar-refractivity contribution in [3.8, 4) is 0 Å². The van der Waals surface area contributed by atoms with E-state index in [-0.39, 0.29) is 0 Å². The molecule has 1 fully saturated rings. The third kappa shape index (κ3) is 4.51. The van der Waals surface area contributed by atoms with Crippen molar-refractivity contribution in [1.29, 1.82) is 0 Å². The van der Waals surface area contributed by atoms with Crippen LogP contribution in [0.25, 0.3) is 0 Å². The summed E-state index contributed by atoms with van der Waals surface area (Å²) in [5.74, 6) is 2.43. The Balaban J connectivity index is 1.83. The van der Waals surface area contributed by atoms with Crippen LogP contribution in [-0.2, 0) is 6.54 Å². The monoisotopic (exact) mass is 278 g/mol. The number of aromatic amines is 1. The Morgan fingerprint density at radius 3 is 2.65 bits per heavy atom. The van der Waals surface area contributed by atoms with E-state index in [4.69, 9.17) is 5.73 Å². The normalized spacial score (nSPS) is 18.2. The molecule has 0 amide bonds. The fourth-order valence-electron chi connectivity index (χ4n) is 2.48. The number of aliphatic imine (C=N–C) groups is 1. The molecule has 1 aromatic rings. The number of hydrogen-bond donors (Lipinski definition) is 3. The minimum atomic E-state index is 0.324. The molecule has 1 aliphatic carbocycles. The van der Waals surface area contributed by atoms with Gasteiger partial charge in [-0.25, -0.2) is 9.98 Å². The van der Waals surface area contributed by atoms with E-state index in [1.807, 2.05) is 0 Å². The molecule has 0 unspecified atom stereocenters. The fraction of sp³-hybridized carbons (Fsp3) is 0.786. The first kappa shape index (κ1) is 14.8. The molecular weight excluding hydrogens is 252 g/mol. The molecule has 1 aromatic heterocycles. The maximum Gasteiger partial charge on any atom is 0.189 e. The summed E-state index contributed by atoms with van der Waals surface area (Å²) in [4.78, 5) is 8.73. The van der Waals surface area contributed by atoms with E-state index in [9.17, 15) is 0 Å². The number of aromatic nitrogens is 3. The molecule has 1 saturated carbocycles. The predicted octanol–water partition coefficient (Wildman–Crippen LogP) is 2.06. The summed E-state index contributed by atoms with van der Waals surface area (Å²) in [6, 6.07) is 0.474. The van der Waals surface area contributed by atoms with Crippen LogP contribution in [0.5, 0.6) is 0 Å². The van der Waals surface area contributed by atoms with Crippen molar-refractivity contribution < 1.29 is 0 Å². The standard InChI is InChI=1S/C14H26N6/c1-10(2)13-18-12(19-20-13)9-16-14(15)17-11-7-5-3-4-6-8-11/h10-11H,3-9H2,1-2H3,(H3,15,16,17)(H,18,19,20). The molecule has 20 heavy (non-hydrogen) atoms. The number of rotatable bonds is 4. The summed E-state index contributed by atoms with van der Waals surface area (Å²) in [6.45, 7) is 4.58. The van der Waals surface area contributed by atoms with Gasteiger partial charge in [-0.1, -0.05) is 39.5 Å². The van der Waals surface area contributed by atoms with Gasteiger partial charge in [0.25, 0.3) is 0 Å². The van der Waals surface area contributed by atoms with Gasteiger partial charge in [-0.05, 0) is 12.8 Å². The minimum Gasteiger partial charge on any atom is -0.370 e. The average Bonchev–Trinajstić information content (AvgIpc) is 2.75. The maximum absolute atomic E-state index is 5.95. The summed E-state index contributed by atoms with van der Waals surface area (Å²) in [7, 11) is 0. The zero-order valence-electron chi connectivity index (χ0n) is 12.5. The fourth-order valence-corrected chi connectivity index (χ4v) is 2.48. The van der Waals surface area contributed by atoms with E-state index < -0.39 is 0 Å². The molecule has 1 aliphatic rings. The van der Waals surface area contributed by atoms with Crippen molar-refractivity contribution in [2.24, 2.45) is 10.7 Å². The van der Waals surface area contributed by atoms with Crippen molar-refractivity contribution in [2.45, 2.75) is 70.9 Å². The number of nitrogens with zero attached hydrogens (tertiary/aromatic N) is 3. The predicted molar refractivity (Wildman–Crippen MR) is 80.4 cm³/mol. The van der Waals surface area contributed by atoms with Crippen molar-refractivity contribution in [3.63, 3.8) is 0 Å². The van der Waals surface area contributed by atoms with Gasteiger partial charge in [-0.15, -0.1) is 0 Å². The highest BCUT2D eigenvalue weighted by atomic mass is 15.2. The van der Waals surface area contributed by atoms with Gasteiger partial charge in [0.2, 0.25) is 0 Å². The van der Waals surface area contributed by atoms with E-state index in [0.717, 1.165) is 11.6 Å². The van der Waals surface area contributed by atoms with E-state index >= 15 is 0 Å². The van der Waals surface area contributed by atoms with Crippen LogP contribution in [0, 0.1) is 0 Å². The molecule has 2 rings (SSSR count). The van der Waals surface area contributed by atoms with Crippen molar-refractivity contribution in [2.75, 3.05) is 0 Å². The van der Waals surface area contributed by atoms with Crippen LogP contribution >= 0.6 is 0 Å². The van der Waals surface area contributed by atoms with Gasteiger partial charge in [0.05, 0.1) is 0 Å². The number of guanidine groups is 1. The molecule has 112 valence electrons. The second-order valence-electron chi connectivity index (χ2n) is 5.83. The van der Waals surface area contributed by atoms with E-state index in [1.54, 1.807) is 0 Å². The zero-order valence-corrected chi connectivity index (χ0v) is 12.5. The Bertz CT molecular complexity index is 429. The highest BCUT2D eigenvalue weighted by Gasteiger charge is 2.12. The summed E-state index contributed by atoms with van der Waals surface area (Å²) in [5.41, 5.74) is 5.95. The Hall–Kier alpha value is -1.59. The van der Waals surface area contributed by atoms with E-state index in [2.05, 4.69) is 39.3 Å². The lowest BCUT2D eigenvalue weighted by Gasteiger charge is -2.16. The third-order valence-corrected chi connectivity index (χ3v) is 3.67. The highest BCUT2D eigenvalue weighted by Crippen LogP contribution is 2.16. The van der Waals surface area contributed by atoms with Crippen LogP contribution in [0.1, 0.15) is 69.9 Å². The molecule has 0 spiro atoms. The van der Waals surface area contributed by atoms with Crippen molar-refractivity contribution in [1.82, 2.24) is 20.5 Å². The Labute approximate surface area is 120 Å². The number of H-pyrrole nitrogens is 1. The second kappa shape index (κ2) is 7.26. The van der Waals surface area contributed by atoms with Crippen LogP contribution in [0.3, 0.4) is 0 Å². The minimum absolute atomic E-state index is 0.324. The Morgan fingerprint density at radius 1 is 1.35 bits per heavy atom. The number of hydrogen-bond acceptors (Lipinski definition) is 3. The summed E-state index contributed by atoms with van der Waals surface area (Å²) < 4.78 is 0. The van der Waals surface area contributed by atoms with Gasteiger partial charge in [0.1, 0.15) is 12.4 Å². The molecule has 0 aliphatic heterocycles. The molecule has 6 nitrogen and oxygen atoms in total. The first-order valence-corrected chi connectivity index (χ1v) is 7.63. The summed E-state index contributed by atoms with van der Waals surface area (Å²) in [6.07, 6.45) is 7.62. The molecule has 1 heterocycles. The number of nitrogens with two attached hydrogens (primary N) is 1. The number of nitrogens with one attached hydrogen (secondary N) is 2. The summed E-state index contributed by atoms with van der Waals surface area (Å²) >= 11 is 0. The first-order valence-electron chi connectivity index (χ1n) is 7.63. The lowest BCUT2D eigenvalue weighted by Crippen LogP contribution is -2.39. The lowest BCUT2D eigenvalue weighted by atomic mass is 10.1. The molecule has 0 atom stereocenters. The zero-order chi connectivity index (χ0) is 14.4. The molecule has 4 N–H and O–H groups in total. The van der Waals surface area contributed by atoms with Crippen molar-refractivity contribution in [3.05, 3.63) is 11.6 Å². The Kier molecular flexibility index (Phi) is 5.38. The van der Waals surface area contributed by atoms with Gasteiger partial charge in [-0.2, -0.15) is 5.10 Å². The average molecular weight is 278 g/mol. The molecule has 0 aromatic carbocycles. The molecule has 6 heteroatoms. The molecule has 0 radical (unpaired) electrons.